The van der Waals surface area contributed by atoms with Gasteiger partial charge in [0.05, 0.1) is 7.11 Å². The Labute approximate surface area is 161 Å². The molecule has 1 aromatic carbocycles. The molecule has 2 fully saturated rings. The number of nitrogens with zero attached hydrogens (tertiary/aromatic N) is 3. The highest BCUT2D eigenvalue weighted by Gasteiger charge is 2.27. The van der Waals surface area contributed by atoms with Crippen molar-refractivity contribution in [1.82, 2.24) is 20.0 Å². The Hall–Kier alpha value is -2.28. The molecule has 1 N–H and O–H groups in total. The van der Waals surface area contributed by atoms with E-state index < -0.39 is 0 Å². The molecule has 0 unspecified atom stereocenters. The van der Waals surface area contributed by atoms with Gasteiger partial charge < -0.3 is 19.9 Å². The number of nitrogens with one attached hydrogen (secondary N) is 1. The lowest BCUT2D eigenvalue weighted by Crippen LogP contribution is -2.54. The lowest BCUT2D eigenvalue weighted by atomic mass is 10.1. The van der Waals surface area contributed by atoms with Gasteiger partial charge in [-0.15, -0.1) is 0 Å². The number of hydrogen-bond acceptors (Lipinski definition) is 4. The third-order valence-corrected chi connectivity index (χ3v) is 5.59. The van der Waals surface area contributed by atoms with Crippen LogP contribution in [0, 0.1) is 0 Å². The molecule has 7 nitrogen and oxygen atoms in total. The van der Waals surface area contributed by atoms with E-state index in [1.165, 1.54) is 6.42 Å². The highest BCUT2D eigenvalue weighted by Crippen LogP contribution is 2.16. The number of methoxy groups -OCH3 is 1. The fourth-order valence-electron chi connectivity index (χ4n) is 3.89. The van der Waals surface area contributed by atoms with Crippen LogP contribution in [0.3, 0.4) is 0 Å². The molecule has 0 aliphatic carbocycles. The SMILES string of the molecule is CCN1CCC[C@@H]1CNC(=O)N1CCN(C(=O)c2ccc(OC)cc2)CC1. The maximum atomic E-state index is 12.6. The van der Waals surface area contributed by atoms with E-state index in [2.05, 4.69) is 17.1 Å². The van der Waals surface area contributed by atoms with Crippen molar-refractivity contribution in [2.45, 2.75) is 25.8 Å². The highest BCUT2D eigenvalue weighted by molar-refractivity contribution is 5.94. The first kappa shape index (κ1) is 19.5. The maximum Gasteiger partial charge on any atom is 0.317 e. The summed E-state index contributed by atoms with van der Waals surface area (Å²) in [4.78, 5) is 31.1. The van der Waals surface area contributed by atoms with E-state index in [0.29, 0.717) is 44.3 Å². The van der Waals surface area contributed by atoms with E-state index in [1.54, 1.807) is 36.3 Å². The Morgan fingerprint density at radius 1 is 1.07 bits per heavy atom. The van der Waals surface area contributed by atoms with E-state index in [-0.39, 0.29) is 11.9 Å². The van der Waals surface area contributed by atoms with E-state index in [4.69, 9.17) is 4.74 Å². The maximum absolute atomic E-state index is 12.6. The Balaban J connectivity index is 1.45. The number of rotatable bonds is 5. The number of carbonyl (C=O) groups excluding carboxylic acids is 2. The van der Waals surface area contributed by atoms with Crippen molar-refractivity contribution in [3.63, 3.8) is 0 Å². The monoisotopic (exact) mass is 374 g/mol. The van der Waals surface area contributed by atoms with Crippen LogP contribution in [0.2, 0.25) is 0 Å². The third kappa shape index (κ3) is 4.71. The molecular formula is C20H30N4O3. The van der Waals surface area contributed by atoms with Crippen LogP contribution in [0.1, 0.15) is 30.1 Å². The highest BCUT2D eigenvalue weighted by atomic mass is 16.5. The standard InChI is InChI=1S/C20H30N4O3/c1-3-22-10-4-5-17(22)15-21-20(26)24-13-11-23(12-14-24)19(25)16-6-8-18(27-2)9-7-16/h6-9,17H,3-5,10-15H2,1-2H3,(H,21,26)/t17-/m1/s1. The number of urea groups is 1. The Kier molecular flexibility index (Phi) is 6.55. The zero-order chi connectivity index (χ0) is 19.2. The fraction of sp³-hybridized carbons (Fsp3) is 0.600. The van der Waals surface area contributed by atoms with Crippen molar-refractivity contribution < 1.29 is 14.3 Å². The summed E-state index contributed by atoms with van der Waals surface area (Å²) >= 11 is 0. The molecule has 2 saturated heterocycles. The zero-order valence-corrected chi connectivity index (χ0v) is 16.3. The topological polar surface area (TPSA) is 65.1 Å². The molecular weight excluding hydrogens is 344 g/mol. The molecule has 0 radical (unpaired) electrons. The number of likely N-dealkylation sites (tertiary alicyclic amines) is 1. The molecule has 0 spiro atoms. The summed E-state index contributed by atoms with van der Waals surface area (Å²) in [6.45, 7) is 7.28. The summed E-state index contributed by atoms with van der Waals surface area (Å²) in [7, 11) is 1.60. The fourth-order valence-corrected chi connectivity index (χ4v) is 3.89. The minimum absolute atomic E-state index is 0.00209. The minimum atomic E-state index is -0.0190. The number of amides is 3. The van der Waals surface area contributed by atoms with Gasteiger partial charge in [-0.25, -0.2) is 4.79 Å². The second-order valence-corrected chi connectivity index (χ2v) is 7.12. The van der Waals surface area contributed by atoms with Crippen molar-refractivity contribution in [3.05, 3.63) is 29.8 Å². The van der Waals surface area contributed by atoms with Crippen LogP contribution in [0.15, 0.2) is 24.3 Å². The predicted molar refractivity (Wildman–Crippen MR) is 104 cm³/mol. The predicted octanol–water partition coefficient (Wildman–Crippen LogP) is 1.65. The Morgan fingerprint density at radius 3 is 2.37 bits per heavy atom. The summed E-state index contributed by atoms with van der Waals surface area (Å²) < 4.78 is 5.13. The second kappa shape index (κ2) is 9.08. The normalized spacial score (nSPS) is 20.6. The largest absolute Gasteiger partial charge is 0.497 e. The van der Waals surface area contributed by atoms with Crippen molar-refractivity contribution in [3.8, 4) is 5.75 Å². The molecule has 3 amide bonds. The molecule has 0 bridgehead atoms. The van der Waals surface area contributed by atoms with E-state index in [1.807, 2.05) is 4.90 Å². The number of ether oxygens (including phenoxy) is 1. The molecule has 2 heterocycles. The van der Waals surface area contributed by atoms with Crippen LogP contribution in [0.4, 0.5) is 4.79 Å². The molecule has 7 heteroatoms. The van der Waals surface area contributed by atoms with Gasteiger partial charge in [-0.1, -0.05) is 6.92 Å². The van der Waals surface area contributed by atoms with Gasteiger partial charge in [-0.3, -0.25) is 9.69 Å². The molecule has 0 saturated carbocycles. The van der Waals surface area contributed by atoms with Gasteiger partial charge >= 0.3 is 6.03 Å². The molecule has 1 atom stereocenters. The van der Waals surface area contributed by atoms with E-state index in [0.717, 1.165) is 25.3 Å². The van der Waals surface area contributed by atoms with Crippen LogP contribution in [0.5, 0.6) is 5.75 Å². The third-order valence-electron chi connectivity index (χ3n) is 5.59. The summed E-state index contributed by atoms with van der Waals surface area (Å²) in [5, 5.41) is 3.08. The zero-order valence-electron chi connectivity index (χ0n) is 16.3. The lowest BCUT2D eigenvalue weighted by Gasteiger charge is -2.35. The van der Waals surface area contributed by atoms with E-state index in [9.17, 15) is 9.59 Å². The average molecular weight is 374 g/mol. The van der Waals surface area contributed by atoms with Crippen molar-refractivity contribution >= 4 is 11.9 Å². The van der Waals surface area contributed by atoms with Gasteiger partial charge in [0, 0.05) is 44.3 Å². The van der Waals surface area contributed by atoms with Crippen LogP contribution < -0.4 is 10.1 Å². The smallest absolute Gasteiger partial charge is 0.317 e. The second-order valence-electron chi connectivity index (χ2n) is 7.12. The van der Waals surface area contributed by atoms with Crippen LogP contribution >= 0.6 is 0 Å². The summed E-state index contributed by atoms with van der Waals surface area (Å²) in [6.07, 6.45) is 2.36. The molecule has 2 aliphatic rings. The Bertz CT molecular complexity index is 641. The van der Waals surface area contributed by atoms with Gasteiger partial charge in [0.2, 0.25) is 0 Å². The summed E-state index contributed by atoms with van der Waals surface area (Å²) in [5.74, 6) is 0.735. The number of benzene rings is 1. The van der Waals surface area contributed by atoms with Crippen LogP contribution in [-0.4, -0.2) is 85.6 Å². The van der Waals surface area contributed by atoms with Gasteiger partial charge in [-0.2, -0.15) is 0 Å². The molecule has 2 aliphatic heterocycles. The first-order chi connectivity index (χ1) is 13.1. The van der Waals surface area contributed by atoms with Gasteiger partial charge in [0.15, 0.2) is 0 Å². The molecule has 27 heavy (non-hydrogen) atoms. The number of piperazine rings is 1. The van der Waals surface area contributed by atoms with E-state index >= 15 is 0 Å². The summed E-state index contributed by atoms with van der Waals surface area (Å²) in [6, 6.07) is 7.58. The first-order valence-corrected chi connectivity index (χ1v) is 9.82. The first-order valence-electron chi connectivity index (χ1n) is 9.82. The van der Waals surface area contributed by atoms with Gasteiger partial charge in [0.25, 0.3) is 5.91 Å². The van der Waals surface area contributed by atoms with Crippen molar-refractivity contribution in [2.75, 3.05) is 52.9 Å². The number of carbonyl (C=O) groups is 2. The van der Waals surface area contributed by atoms with Crippen LogP contribution in [0.25, 0.3) is 0 Å². The number of hydrogen-bond donors (Lipinski definition) is 1. The number of likely N-dealkylation sites (N-methyl/N-ethyl adjacent to an activating group) is 1. The lowest BCUT2D eigenvalue weighted by molar-refractivity contribution is 0.0664. The van der Waals surface area contributed by atoms with Gasteiger partial charge in [-0.05, 0) is 50.2 Å². The van der Waals surface area contributed by atoms with Crippen LogP contribution in [-0.2, 0) is 0 Å². The minimum Gasteiger partial charge on any atom is -0.497 e. The molecule has 148 valence electrons. The van der Waals surface area contributed by atoms with Gasteiger partial charge in [0.1, 0.15) is 5.75 Å². The average Bonchev–Trinajstić information content (AvgIpc) is 3.19. The molecule has 3 rings (SSSR count). The Morgan fingerprint density at radius 2 is 1.74 bits per heavy atom. The van der Waals surface area contributed by atoms with Crippen molar-refractivity contribution in [2.24, 2.45) is 0 Å². The summed E-state index contributed by atoms with van der Waals surface area (Å²) in [5.41, 5.74) is 0.648. The quantitative estimate of drug-likeness (QED) is 0.851. The molecule has 0 aromatic heterocycles. The van der Waals surface area contributed by atoms with Crippen molar-refractivity contribution in [1.29, 1.82) is 0 Å². The molecule has 1 aromatic rings.